The van der Waals surface area contributed by atoms with E-state index < -0.39 is 11.5 Å². The summed E-state index contributed by atoms with van der Waals surface area (Å²) in [5, 5.41) is 13.0. The Morgan fingerprint density at radius 1 is 1.26 bits per heavy atom. The van der Waals surface area contributed by atoms with E-state index in [1.807, 2.05) is 30.3 Å². The van der Waals surface area contributed by atoms with Gasteiger partial charge in [0.25, 0.3) is 0 Å². The number of carbonyl (C=O) groups is 1. The molecule has 0 heterocycles. The van der Waals surface area contributed by atoms with E-state index in [2.05, 4.69) is 5.32 Å². The molecule has 19 heavy (non-hydrogen) atoms. The lowest BCUT2D eigenvalue weighted by Crippen LogP contribution is -2.59. The molecule has 1 aromatic carbocycles. The van der Waals surface area contributed by atoms with Crippen molar-refractivity contribution in [3.05, 3.63) is 30.3 Å². The van der Waals surface area contributed by atoms with Gasteiger partial charge < -0.3 is 9.84 Å². The fourth-order valence-corrected chi connectivity index (χ4v) is 2.46. The molecule has 0 saturated heterocycles. The molecule has 1 unspecified atom stereocenters. The third-order valence-electron chi connectivity index (χ3n) is 3.90. The fourth-order valence-electron chi connectivity index (χ4n) is 2.46. The van der Waals surface area contributed by atoms with E-state index in [0.29, 0.717) is 6.04 Å². The highest BCUT2D eigenvalue weighted by Gasteiger charge is 2.54. The topological polar surface area (TPSA) is 58.6 Å². The third kappa shape index (κ3) is 2.73. The van der Waals surface area contributed by atoms with Gasteiger partial charge in [-0.3, -0.25) is 10.1 Å². The zero-order chi connectivity index (χ0) is 13.3. The molecule has 0 amide bonds. The first kappa shape index (κ1) is 12.5. The number of carboxylic acids is 1. The van der Waals surface area contributed by atoms with Crippen LogP contribution in [0.4, 0.5) is 0 Å². The van der Waals surface area contributed by atoms with E-state index in [4.69, 9.17) is 4.74 Å². The summed E-state index contributed by atoms with van der Waals surface area (Å²) in [5.41, 5.74) is -0.906. The number of benzene rings is 1. The summed E-state index contributed by atoms with van der Waals surface area (Å²) in [4.78, 5) is 11.7. The molecule has 1 aromatic rings. The third-order valence-corrected chi connectivity index (χ3v) is 3.90. The summed E-state index contributed by atoms with van der Waals surface area (Å²) in [5.74, 6) is 0.151. The van der Waals surface area contributed by atoms with E-state index in [1.54, 1.807) is 0 Å². The maximum Gasteiger partial charge on any atom is 0.327 e. The van der Waals surface area contributed by atoms with Crippen molar-refractivity contribution in [3.8, 4) is 5.75 Å². The Hall–Kier alpha value is -1.55. The van der Waals surface area contributed by atoms with Crippen molar-refractivity contribution in [2.24, 2.45) is 5.92 Å². The van der Waals surface area contributed by atoms with Crippen molar-refractivity contribution in [3.63, 3.8) is 0 Å². The van der Waals surface area contributed by atoms with Crippen molar-refractivity contribution >= 4 is 5.97 Å². The van der Waals surface area contributed by atoms with Crippen LogP contribution >= 0.6 is 0 Å². The smallest absolute Gasteiger partial charge is 0.327 e. The molecule has 2 aliphatic rings. The summed E-state index contributed by atoms with van der Waals surface area (Å²) >= 11 is 0. The Bertz CT molecular complexity index is 454. The van der Waals surface area contributed by atoms with Crippen LogP contribution in [-0.4, -0.2) is 29.3 Å². The lowest BCUT2D eigenvalue weighted by molar-refractivity contribution is -0.147. The van der Waals surface area contributed by atoms with Gasteiger partial charge >= 0.3 is 5.97 Å². The van der Waals surface area contributed by atoms with E-state index >= 15 is 0 Å². The van der Waals surface area contributed by atoms with Crippen LogP contribution in [-0.2, 0) is 4.79 Å². The molecule has 3 rings (SSSR count). The summed E-state index contributed by atoms with van der Waals surface area (Å²) < 4.78 is 5.72. The minimum Gasteiger partial charge on any atom is -0.491 e. The highest BCUT2D eigenvalue weighted by atomic mass is 16.5. The highest BCUT2D eigenvalue weighted by Crippen LogP contribution is 2.42. The van der Waals surface area contributed by atoms with Crippen LogP contribution in [0.3, 0.4) is 0 Å². The number of ether oxygens (including phenoxy) is 1. The van der Waals surface area contributed by atoms with Gasteiger partial charge in [-0.05, 0) is 43.7 Å². The molecule has 4 heteroatoms. The SMILES string of the molecule is O=C(O)C(COc1ccccc1)(NC1CC1)C1CC1. The normalized spacial score (nSPS) is 21.7. The number of rotatable bonds is 7. The predicted octanol–water partition coefficient (Wildman–Crippen LogP) is 2.05. The molecule has 2 fully saturated rings. The Labute approximate surface area is 112 Å². The van der Waals surface area contributed by atoms with Gasteiger partial charge in [-0.25, -0.2) is 0 Å². The maximum atomic E-state index is 11.7. The lowest BCUT2D eigenvalue weighted by Gasteiger charge is -2.30. The van der Waals surface area contributed by atoms with Gasteiger partial charge in [-0.2, -0.15) is 0 Å². The quantitative estimate of drug-likeness (QED) is 0.788. The highest BCUT2D eigenvalue weighted by molar-refractivity contribution is 5.80. The summed E-state index contributed by atoms with van der Waals surface area (Å²) in [6.07, 6.45) is 4.11. The minimum atomic E-state index is -0.906. The van der Waals surface area contributed by atoms with Gasteiger partial charge in [0.2, 0.25) is 0 Å². The van der Waals surface area contributed by atoms with Crippen molar-refractivity contribution in [1.82, 2.24) is 5.32 Å². The Morgan fingerprint density at radius 2 is 1.95 bits per heavy atom. The first-order valence-electron chi connectivity index (χ1n) is 6.90. The first-order chi connectivity index (χ1) is 9.21. The zero-order valence-electron chi connectivity index (χ0n) is 10.8. The number of carboxylic acid groups (broad SMARTS) is 1. The van der Waals surface area contributed by atoms with Gasteiger partial charge in [-0.15, -0.1) is 0 Å². The average Bonchev–Trinajstić information content (AvgIpc) is 3.28. The molecule has 2 aliphatic carbocycles. The Kier molecular flexibility index (Phi) is 3.19. The molecular weight excluding hydrogens is 242 g/mol. The molecule has 4 nitrogen and oxygen atoms in total. The van der Waals surface area contributed by atoms with Crippen LogP contribution in [0, 0.1) is 5.92 Å². The van der Waals surface area contributed by atoms with Gasteiger partial charge in [0.1, 0.15) is 12.4 Å². The Morgan fingerprint density at radius 3 is 2.47 bits per heavy atom. The lowest BCUT2D eigenvalue weighted by atomic mass is 9.94. The average molecular weight is 261 g/mol. The molecule has 1 atom stereocenters. The number of para-hydroxylation sites is 1. The van der Waals surface area contributed by atoms with Crippen LogP contribution in [0.1, 0.15) is 25.7 Å². The second kappa shape index (κ2) is 4.85. The van der Waals surface area contributed by atoms with Crippen LogP contribution in [0.15, 0.2) is 30.3 Å². The molecule has 0 aliphatic heterocycles. The minimum absolute atomic E-state index is 0.202. The van der Waals surface area contributed by atoms with Gasteiger partial charge in [-0.1, -0.05) is 18.2 Å². The van der Waals surface area contributed by atoms with Crippen molar-refractivity contribution < 1.29 is 14.6 Å². The molecular formula is C15H19NO3. The molecule has 0 bridgehead atoms. The Balaban J connectivity index is 1.72. The number of nitrogens with one attached hydrogen (secondary N) is 1. The summed E-state index contributed by atoms with van der Waals surface area (Å²) in [6.45, 7) is 0.202. The molecule has 2 saturated carbocycles. The summed E-state index contributed by atoms with van der Waals surface area (Å²) in [6, 6.07) is 9.77. The van der Waals surface area contributed by atoms with E-state index in [0.717, 1.165) is 31.4 Å². The number of hydrogen-bond acceptors (Lipinski definition) is 3. The largest absolute Gasteiger partial charge is 0.491 e. The van der Waals surface area contributed by atoms with Crippen LogP contribution in [0.2, 0.25) is 0 Å². The van der Waals surface area contributed by atoms with Gasteiger partial charge in [0.05, 0.1) is 0 Å². The van der Waals surface area contributed by atoms with Crippen LogP contribution in [0.25, 0.3) is 0 Å². The van der Waals surface area contributed by atoms with E-state index in [9.17, 15) is 9.90 Å². The van der Waals surface area contributed by atoms with Crippen LogP contribution < -0.4 is 10.1 Å². The molecule has 0 aromatic heterocycles. The molecule has 2 N–H and O–H groups in total. The summed E-state index contributed by atoms with van der Waals surface area (Å²) in [7, 11) is 0. The standard InChI is InChI=1S/C15H19NO3/c17-14(18)15(11-6-7-11,16-12-8-9-12)10-19-13-4-2-1-3-5-13/h1-5,11-12,16H,6-10H2,(H,17,18). The van der Waals surface area contributed by atoms with E-state index in [-0.39, 0.29) is 12.5 Å². The zero-order valence-corrected chi connectivity index (χ0v) is 10.8. The van der Waals surface area contributed by atoms with Gasteiger partial charge in [0.15, 0.2) is 5.54 Å². The van der Waals surface area contributed by atoms with Gasteiger partial charge in [0, 0.05) is 6.04 Å². The second-order valence-corrected chi connectivity index (χ2v) is 5.57. The number of aliphatic carboxylic acids is 1. The van der Waals surface area contributed by atoms with Crippen LogP contribution in [0.5, 0.6) is 5.75 Å². The molecule has 102 valence electrons. The molecule has 0 spiro atoms. The fraction of sp³-hybridized carbons (Fsp3) is 0.533. The van der Waals surface area contributed by atoms with E-state index in [1.165, 1.54) is 0 Å². The first-order valence-corrected chi connectivity index (χ1v) is 6.90. The second-order valence-electron chi connectivity index (χ2n) is 5.57. The molecule has 0 radical (unpaired) electrons. The van der Waals surface area contributed by atoms with Crippen molar-refractivity contribution in [2.45, 2.75) is 37.3 Å². The predicted molar refractivity (Wildman–Crippen MR) is 71.2 cm³/mol. The van der Waals surface area contributed by atoms with Crippen molar-refractivity contribution in [2.75, 3.05) is 6.61 Å². The monoisotopic (exact) mass is 261 g/mol. The maximum absolute atomic E-state index is 11.7. The van der Waals surface area contributed by atoms with Crippen molar-refractivity contribution in [1.29, 1.82) is 0 Å². The number of hydrogen-bond donors (Lipinski definition) is 2.